The van der Waals surface area contributed by atoms with Gasteiger partial charge in [0.1, 0.15) is 5.82 Å². The van der Waals surface area contributed by atoms with Gasteiger partial charge in [0.05, 0.1) is 10.5 Å². The van der Waals surface area contributed by atoms with Crippen LogP contribution in [0, 0.1) is 22.9 Å². The Morgan fingerprint density at radius 3 is 2.52 bits per heavy atom. The number of carbonyl (C=O) groups excluding carboxylic acids is 1. The van der Waals surface area contributed by atoms with Crippen LogP contribution in [0.15, 0.2) is 47.6 Å². The second kappa shape index (κ2) is 6.65. The van der Waals surface area contributed by atoms with Gasteiger partial charge < -0.3 is 10.6 Å². The summed E-state index contributed by atoms with van der Waals surface area (Å²) < 4.78 is 12.8. The van der Waals surface area contributed by atoms with Crippen LogP contribution < -0.4 is 5.73 Å². The molecule has 8 heteroatoms. The Labute approximate surface area is 130 Å². The lowest BCUT2D eigenvalue weighted by atomic mass is 10.1. The molecular weight excluding hydrogens is 305 g/mol. The first kappa shape index (κ1) is 16.1. The summed E-state index contributed by atoms with van der Waals surface area (Å²) >= 11 is 0. The first-order chi connectivity index (χ1) is 10.9. The first-order valence-electron chi connectivity index (χ1n) is 6.45. The predicted molar refractivity (Wildman–Crippen MR) is 80.4 cm³/mol. The maximum Gasteiger partial charge on any atom is 0.366 e. The highest BCUT2D eigenvalue weighted by Gasteiger charge is 2.19. The molecule has 0 aliphatic heterocycles. The van der Waals surface area contributed by atoms with Crippen LogP contribution in [0.25, 0.3) is 0 Å². The molecule has 7 nitrogen and oxygen atoms in total. The molecule has 0 spiro atoms. The highest BCUT2D eigenvalue weighted by molar-refractivity contribution is 5.98. The zero-order valence-electron chi connectivity index (χ0n) is 12.0. The van der Waals surface area contributed by atoms with E-state index >= 15 is 0 Å². The van der Waals surface area contributed by atoms with Gasteiger partial charge in [0.2, 0.25) is 0 Å². The Balaban J connectivity index is 2.19. The summed E-state index contributed by atoms with van der Waals surface area (Å²) in [7, 11) is 0. The van der Waals surface area contributed by atoms with Crippen LogP contribution in [0.4, 0.5) is 10.1 Å². The van der Waals surface area contributed by atoms with Crippen molar-refractivity contribution in [2.45, 2.75) is 6.92 Å². The van der Waals surface area contributed by atoms with Crippen LogP contribution in [0.2, 0.25) is 0 Å². The fraction of sp³-hybridized carbons (Fsp3) is 0.0667. The zero-order valence-corrected chi connectivity index (χ0v) is 12.0. The quantitative estimate of drug-likeness (QED) is 0.306. The van der Waals surface area contributed by atoms with E-state index in [2.05, 4.69) is 5.16 Å². The molecule has 0 aliphatic rings. The molecule has 2 rings (SSSR count). The molecule has 0 saturated carbocycles. The molecule has 0 aliphatic carbocycles. The summed E-state index contributed by atoms with van der Waals surface area (Å²) in [5.41, 5.74) is 5.97. The van der Waals surface area contributed by atoms with Crippen LogP contribution in [-0.2, 0) is 4.84 Å². The van der Waals surface area contributed by atoms with Crippen molar-refractivity contribution in [3.05, 3.63) is 75.1 Å². The van der Waals surface area contributed by atoms with Crippen molar-refractivity contribution >= 4 is 17.5 Å². The number of nitrogens with zero attached hydrogens (tertiary/aromatic N) is 2. The van der Waals surface area contributed by atoms with Gasteiger partial charge in [-0.3, -0.25) is 10.1 Å². The standard InChI is InChI=1S/C15H12FN3O4/c1-9-12(3-2-4-13(9)19(21)22)15(20)23-18-14(17)10-5-7-11(16)8-6-10/h2-8H,1H3,(H2,17,18). The van der Waals surface area contributed by atoms with Gasteiger partial charge in [-0.2, -0.15) is 0 Å². The Kier molecular flexibility index (Phi) is 4.65. The van der Waals surface area contributed by atoms with Gasteiger partial charge in [0.25, 0.3) is 5.69 Å². The minimum absolute atomic E-state index is 0.00913. The third kappa shape index (κ3) is 3.67. The minimum atomic E-state index is -0.878. The van der Waals surface area contributed by atoms with Crippen molar-refractivity contribution in [2.24, 2.45) is 10.9 Å². The molecule has 0 heterocycles. The van der Waals surface area contributed by atoms with Crippen LogP contribution in [0.1, 0.15) is 21.5 Å². The molecule has 2 aromatic carbocycles. The number of hydrogen-bond acceptors (Lipinski definition) is 5. The van der Waals surface area contributed by atoms with E-state index in [9.17, 15) is 19.3 Å². The lowest BCUT2D eigenvalue weighted by Gasteiger charge is -2.04. The summed E-state index contributed by atoms with van der Waals surface area (Å²) in [4.78, 5) is 26.9. The van der Waals surface area contributed by atoms with E-state index in [4.69, 9.17) is 10.6 Å². The second-order valence-electron chi connectivity index (χ2n) is 4.57. The van der Waals surface area contributed by atoms with E-state index in [1.165, 1.54) is 49.4 Å². The molecule has 23 heavy (non-hydrogen) atoms. The molecular formula is C15H12FN3O4. The number of hydrogen-bond donors (Lipinski definition) is 1. The Hall–Kier alpha value is -3.29. The van der Waals surface area contributed by atoms with Crippen molar-refractivity contribution in [1.29, 1.82) is 0 Å². The van der Waals surface area contributed by atoms with E-state index in [1.54, 1.807) is 0 Å². The Morgan fingerprint density at radius 1 is 1.26 bits per heavy atom. The SMILES string of the molecule is Cc1c(C(=O)O/N=C(\N)c2ccc(F)cc2)cccc1[N+](=O)[O-]. The largest absolute Gasteiger partial charge is 0.380 e. The molecule has 0 radical (unpaired) electrons. The van der Waals surface area contributed by atoms with Gasteiger partial charge in [0, 0.05) is 17.2 Å². The normalized spacial score (nSPS) is 11.1. The molecule has 2 N–H and O–H groups in total. The summed E-state index contributed by atoms with van der Waals surface area (Å²) in [5, 5.41) is 14.3. The van der Waals surface area contributed by atoms with E-state index in [0.29, 0.717) is 5.56 Å². The molecule has 0 aromatic heterocycles. The van der Waals surface area contributed by atoms with E-state index in [-0.39, 0.29) is 22.6 Å². The average molecular weight is 317 g/mol. The Morgan fingerprint density at radius 2 is 1.91 bits per heavy atom. The molecule has 0 amide bonds. The Bertz CT molecular complexity index is 788. The van der Waals surface area contributed by atoms with Crippen LogP contribution in [0.3, 0.4) is 0 Å². The fourth-order valence-corrected chi connectivity index (χ4v) is 1.86. The van der Waals surface area contributed by atoms with Crippen molar-refractivity contribution in [2.75, 3.05) is 0 Å². The highest BCUT2D eigenvalue weighted by atomic mass is 19.1. The maximum atomic E-state index is 12.8. The average Bonchev–Trinajstić information content (AvgIpc) is 2.53. The van der Waals surface area contributed by atoms with E-state index in [0.717, 1.165) is 0 Å². The molecule has 0 atom stereocenters. The lowest BCUT2D eigenvalue weighted by molar-refractivity contribution is -0.385. The molecule has 0 fully saturated rings. The monoisotopic (exact) mass is 317 g/mol. The number of carbonyl (C=O) groups is 1. The van der Waals surface area contributed by atoms with E-state index in [1.807, 2.05) is 0 Å². The number of benzene rings is 2. The number of halogens is 1. The number of nitrogens with two attached hydrogens (primary N) is 1. The van der Waals surface area contributed by atoms with Crippen molar-refractivity contribution < 1.29 is 18.9 Å². The number of amidine groups is 1. The van der Waals surface area contributed by atoms with Crippen molar-refractivity contribution in [3.63, 3.8) is 0 Å². The third-order valence-corrected chi connectivity index (χ3v) is 3.09. The second-order valence-corrected chi connectivity index (χ2v) is 4.57. The predicted octanol–water partition coefficient (Wildman–Crippen LogP) is 2.52. The van der Waals surface area contributed by atoms with Crippen LogP contribution >= 0.6 is 0 Å². The summed E-state index contributed by atoms with van der Waals surface area (Å²) in [6.07, 6.45) is 0. The number of nitro groups is 1. The number of nitro benzene ring substituents is 1. The maximum absolute atomic E-state index is 12.8. The molecule has 118 valence electrons. The number of oxime groups is 1. The van der Waals surface area contributed by atoms with Gasteiger partial charge in [-0.15, -0.1) is 0 Å². The summed E-state index contributed by atoms with van der Waals surface area (Å²) in [5.74, 6) is -1.44. The van der Waals surface area contributed by atoms with Crippen LogP contribution in [0.5, 0.6) is 0 Å². The number of rotatable bonds is 4. The lowest BCUT2D eigenvalue weighted by Crippen LogP contribution is -2.15. The fourth-order valence-electron chi connectivity index (χ4n) is 1.86. The molecule has 0 bridgehead atoms. The molecule has 0 unspecified atom stereocenters. The summed E-state index contributed by atoms with van der Waals surface area (Å²) in [6.45, 7) is 1.43. The zero-order chi connectivity index (χ0) is 17.0. The van der Waals surface area contributed by atoms with Gasteiger partial charge in [0.15, 0.2) is 5.84 Å². The topological polar surface area (TPSA) is 108 Å². The van der Waals surface area contributed by atoms with Crippen LogP contribution in [-0.4, -0.2) is 16.7 Å². The summed E-state index contributed by atoms with van der Waals surface area (Å²) in [6, 6.07) is 9.15. The highest BCUT2D eigenvalue weighted by Crippen LogP contribution is 2.21. The third-order valence-electron chi connectivity index (χ3n) is 3.09. The van der Waals surface area contributed by atoms with E-state index < -0.39 is 16.7 Å². The molecule has 0 saturated heterocycles. The molecule has 2 aromatic rings. The van der Waals surface area contributed by atoms with Crippen molar-refractivity contribution in [3.8, 4) is 0 Å². The van der Waals surface area contributed by atoms with Gasteiger partial charge >= 0.3 is 5.97 Å². The van der Waals surface area contributed by atoms with Gasteiger partial charge in [-0.25, -0.2) is 9.18 Å². The minimum Gasteiger partial charge on any atom is -0.380 e. The van der Waals surface area contributed by atoms with Crippen molar-refractivity contribution in [1.82, 2.24) is 0 Å². The smallest absolute Gasteiger partial charge is 0.366 e. The van der Waals surface area contributed by atoms with Gasteiger partial charge in [-0.05, 0) is 37.3 Å². The first-order valence-corrected chi connectivity index (χ1v) is 6.45. The van der Waals surface area contributed by atoms with Gasteiger partial charge in [-0.1, -0.05) is 11.2 Å².